The molecule has 0 amide bonds. The van der Waals surface area contributed by atoms with E-state index in [2.05, 4.69) is 57.6 Å². The molecule has 0 aromatic heterocycles. The second kappa shape index (κ2) is 7.02. The van der Waals surface area contributed by atoms with Gasteiger partial charge in [-0.1, -0.05) is 42.5 Å². The van der Waals surface area contributed by atoms with E-state index in [1.807, 2.05) is 0 Å². The first kappa shape index (κ1) is 13.8. The van der Waals surface area contributed by atoms with Crippen LogP contribution in [0.25, 0.3) is 6.08 Å². The van der Waals surface area contributed by atoms with Gasteiger partial charge in [-0.05, 0) is 18.5 Å². The Morgan fingerprint density at radius 3 is 2.60 bits per heavy atom. The van der Waals surface area contributed by atoms with E-state index in [-0.39, 0.29) is 0 Å². The van der Waals surface area contributed by atoms with E-state index in [0.29, 0.717) is 0 Å². The third kappa shape index (κ3) is 3.69. The minimum absolute atomic E-state index is 0.789. The average molecular weight is 271 g/mol. The highest BCUT2D eigenvalue weighted by molar-refractivity contribution is 5.48. The molecule has 20 heavy (non-hydrogen) atoms. The lowest BCUT2D eigenvalue weighted by Gasteiger charge is -2.37. The molecule has 0 radical (unpaired) electrons. The van der Waals surface area contributed by atoms with Crippen LogP contribution in [-0.2, 0) is 0 Å². The van der Waals surface area contributed by atoms with Gasteiger partial charge in [-0.25, -0.2) is 0 Å². The van der Waals surface area contributed by atoms with Crippen LogP contribution in [0.5, 0.6) is 0 Å². The maximum atomic E-state index is 3.47. The van der Waals surface area contributed by atoms with Crippen molar-refractivity contribution in [3.05, 3.63) is 42.0 Å². The van der Waals surface area contributed by atoms with E-state index in [9.17, 15) is 0 Å². The van der Waals surface area contributed by atoms with Crippen LogP contribution in [0, 0.1) is 0 Å². The summed E-state index contributed by atoms with van der Waals surface area (Å²) in [5.41, 5.74) is 1.29. The van der Waals surface area contributed by atoms with Crippen molar-refractivity contribution in [2.24, 2.45) is 0 Å². The maximum absolute atomic E-state index is 3.47. The molecule has 3 heteroatoms. The number of hydrogen-bond donors (Lipinski definition) is 1. The molecule has 2 aliphatic heterocycles. The van der Waals surface area contributed by atoms with Gasteiger partial charge in [0.05, 0.1) is 0 Å². The van der Waals surface area contributed by atoms with Gasteiger partial charge in [0.25, 0.3) is 0 Å². The predicted molar refractivity (Wildman–Crippen MR) is 84.8 cm³/mol. The molecule has 1 aromatic rings. The van der Waals surface area contributed by atoms with Crippen molar-refractivity contribution in [1.82, 2.24) is 15.1 Å². The monoisotopic (exact) mass is 271 g/mol. The normalized spacial score (nSPS) is 25.5. The van der Waals surface area contributed by atoms with Crippen LogP contribution in [-0.4, -0.2) is 61.7 Å². The molecule has 1 aromatic carbocycles. The molecule has 1 N–H and O–H groups in total. The van der Waals surface area contributed by atoms with Crippen molar-refractivity contribution in [1.29, 1.82) is 0 Å². The van der Waals surface area contributed by atoms with Crippen LogP contribution in [0.4, 0.5) is 0 Å². The number of nitrogens with zero attached hydrogens (tertiary/aromatic N) is 2. The van der Waals surface area contributed by atoms with Crippen LogP contribution < -0.4 is 5.32 Å². The van der Waals surface area contributed by atoms with Crippen LogP contribution in [0.2, 0.25) is 0 Å². The molecule has 1 unspecified atom stereocenters. The molecular formula is C17H25N3. The summed E-state index contributed by atoms with van der Waals surface area (Å²) in [7, 11) is 0. The van der Waals surface area contributed by atoms with Crippen LogP contribution in [0.1, 0.15) is 12.0 Å². The summed E-state index contributed by atoms with van der Waals surface area (Å²) in [4.78, 5) is 5.22. The Hall–Kier alpha value is -1.16. The largest absolute Gasteiger partial charge is 0.315 e. The second-order valence-electron chi connectivity index (χ2n) is 5.80. The molecule has 0 spiro atoms. The Labute approximate surface area is 122 Å². The van der Waals surface area contributed by atoms with E-state index in [0.717, 1.165) is 12.6 Å². The van der Waals surface area contributed by atoms with Crippen molar-refractivity contribution in [3.8, 4) is 0 Å². The Kier molecular flexibility index (Phi) is 4.85. The summed E-state index contributed by atoms with van der Waals surface area (Å²) in [6, 6.07) is 11.3. The fourth-order valence-electron chi connectivity index (χ4n) is 3.16. The van der Waals surface area contributed by atoms with Gasteiger partial charge in [-0.2, -0.15) is 0 Å². The predicted octanol–water partition coefficient (Wildman–Crippen LogP) is 1.68. The summed E-state index contributed by atoms with van der Waals surface area (Å²) in [5, 5.41) is 3.47. The summed E-state index contributed by atoms with van der Waals surface area (Å²) >= 11 is 0. The number of piperazine rings is 1. The summed E-state index contributed by atoms with van der Waals surface area (Å²) in [6.45, 7) is 8.33. The Morgan fingerprint density at radius 2 is 1.90 bits per heavy atom. The molecule has 3 nitrogen and oxygen atoms in total. The van der Waals surface area contributed by atoms with E-state index in [1.165, 1.54) is 51.3 Å². The molecule has 0 bridgehead atoms. The standard InChI is InChI=1S/C17H25N3/c1-2-5-16(6-3-1)7-4-10-19-11-13-20(14-12-19)17-8-9-18-15-17/h1-7,17-18H,8-15H2/b7-4+. The number of nitrogens with one attached hydrogen (secondary N) is 1. The topological polar surface area (TPSA) is 18.5 Å². The lowest BCUT2D eigenvalue weighted by Crippen LogP contribution is -2.50. The molecule has 3 rings (SSSR count). The van der Waals surface area contributed by atoms with Gasteiger partial charge in [0.2, 0.25) is 0 Å². The highest BCUT2D eigenvalue weighted by Gasteiger charge is 2.25. The SMILES string of the molecule is C(=C\c1ccccc1)/CN1CCN(C2CCNC2)CC1. The van der Waals surface area contributed by atoms with E-state index >= 15 is 0 Å². The minimum atomic E-state index is 0.789. The van der Waals surface area contributed by atoms with Crippen molar-refractivity contribution < 1.29 is 0 Å². The maximum Gasteiger partial charge on any atom is 0.0233 e. The van der Waals surface area contributed by atoms with Crippen molar-refractivity contribution in [3.63, 3.8) is 0 Å². The Balaban J connectivity index is 1.41. The Bertz CT molecular complexity index is 415. The lowest BCUT2D eigenvalue weighted by atomic mass is 10.2. The number of hydrogen-bond acceptors (Lipinski definition) is 3. The first-order valence-corrected chi connectivity index (χ1v) is 7.80. The molecule has 0 aliphatic carbocycles. The molecule has 2 saturated heterocycles. The number of rotatable bonds is 4. The molecule has 108 valence electrons. The van der Waals surface area contributed by atoms with Gasteiger partial charge < -0.3 is 5.32 Å². The molecule has 0 saturated carbocycles. The zero-order valence-electron chi connectivity index (χ0n) is 12.2. The van der Waals surface area contributed by atoms with Crippen molar-refractivity contribution in [2.75, 3.05) is 45.8 Å². The number of benzene rings is 1. The van der Waals surface area contributed by atoms with Gasteiger partial charge in [0, 0.05) is 45.3 Å². The minimum Gasteiger partial charge on any atom is -0.315 e. The highest BCUT2D eigenvalue weighted by atomic mass is 15.3. The van der Waals surface area contributed by atoms with E-state index in [4.69, 9.17) is 0 Å². The van der Waals surface area contributed by atoms with Gasteiger partial charge in [-0.3, -0.25) is 9.80 Å². The van der Waals surface area contributed by atoms with Crippen molar-refractivity contribution in [2.45, 2.75) is 12.5 Å². The third-order valence-electron chi connectivity index (χ3n) is 4.43. The first-order chi connectivity index (χ1) is 9.92. The molecule has 2 heterocycles. The van der Waals surface area contributed by atoms with Crippen LogP contribution in [0.15, 0.2) is 36.4 Å². The zero-order chi connectivity index (χ0) is 13.6. The lowest BCUT2D eigenvalue weighted by molar-refractivity contribution is 0.110. The fraction of sp³-hybridized carbons (Fsp3) is 0.529. The summed E-state index contributed by atoms with van der Waals surface area (Å²) in [5.74, 6) is 0. The third-order valence-corrected chi connectivity index (χ3v) is 4.43. The fourth-order valence-corrected chi connectivity index (χ4v) is 3.16. The van der Waals surface area contributed by atoms with Gasteiger partial charge in [0.1, 0.15) is 0 Å². The molecule has 1 atom stereocenters. The van der Waals surface area contributed by atoms with E-state index in [1.54, 1.807) is 0 Å². The zero-order valence-corrected chi connectivity index (χ0v) is 12.2. The van der Waals surface area contributed by atoms with Gasteiger partial charge in [0.15, 0.2) is 0 Å². The molecule has 2 fully saturated rings. The summed E-state index contributed by atoms with van der Waals surface area (Å²) in [6.07, 6.45) is 5.85. The quantitative estimate of drug-likeness (QED) is 0.899. The second-order valence-corrected chi connectivity index (χ2v) is 5.80. The molecular weight excluding hydrogens is 246 g/mol. The van der Waals surface area contributed by atoms with Crippen LogP contribution in [0.3, 0.4) is 0 Å². The summed E-state index contributed by atoms with van der Waals surface area (Å²) < 4.78 is 0. The first-order valence-electron chi connectivity index (χ1n) is 7.80. The van der Waals surface area contributed by atoms with Gasteiger partial charge in [-0.15, -0.1) is 0 Å². The molecule has 2 aliphatic rings. The Morgan fingerprint density at radius 1 is 1.10 bits per heavy atom. The highest BCUT2D eigenvalue weighted by Crippen LogP contribution is 2.12. The van der Waals surface area contributed by atoms with Crippen molar-refractivity contribution >= 4 is 6.08 Å². The smallest absolute Gasteiger partial charge is 0.0233 e. The average Bonchev–Trinajstić information content (AvgIpc) is 3.03. The van der Waals surface area contributed by atoms with Gasteiger partial charge >= 0.3 is 0 Å². The van der Waals surface area contributed by atoms with Crippen LogP contribution >= 0.6 is 0 Å². The van der Waals surface area contributed by atoms with E-state index < -0.39 is 0 Å².